The molecule has 1 aromatic carbocycles. The van der Waals surface area contributed by atoms with E-state index in [0.29, 0.717) is 37.9 Å². The Morgan fingerprint density at radius 2 is 1.71 bits per heavy atom. The Morgan fingerprint density at radius 3 is 2.43 bits per heavy atom. The van der Waals surface area contributed by atoms with Crippen LogP contribution in [0.1, 0.15) is 6.42 Å². The second-order valence-corrected chi connectivity index (χ2v) is 4.57. The van der Waals surface area contributed by atoms with Crippen LogP contribution in [0.4, 0.5) is 5.69 Å². The summed E-state index contributed by atoms with van der Waals surface area (Å²) in [5.41, 5.74) is 6.25. The summed E-state index contributed by atoms with van der Waals surface area (Å²) >= 11 is 0. The molecule has 0 saturated carbocycles. The zero-order valence-electron chi connectivity index (χ0n) is 12.5. The Hall–Kier alpha value is -1.34. The predicted molar refractivity (Wildman–Crippen MR) is 80.5 cm³/mol. The van der Waals surface area contributed by atoms with E-state index in [4.69, 9.17) is 24.7 Å². The molecule has 0 fully saturated rings. The third kappa shape index (κ3) is 9.25. The van der Waals surface area contributed by atoms with Gasteiger partial charge in [0.2, 0.25) is 0 Å². The van der Waals surface area contributed by atoms with Crippen LogP contribution in [0.5, 0.6) is 5.75 Å². The maximum atomic E-state index is 9.71. The topological polar surface area (TPSA) is 83.2 Å². The lowest BCUT2D eigenvalue weighted by Crippen LogP contribution is -2.24. The first-order chi connectivity index (χ1) is 10.2. The minimum atomic E-state index is -0.670. The summed E-state index contributed by atoms with van der Waals surface area (Å²) in [6.45, 7) is 2.71. The molecule has 0 heterocycles. The predicted octanol–water partition coefficient (Wildman–Crippen LogP) is 1.08. The second-order valence-electron chi connectivity index (χ2n) is 4.57. The quantitative estimate of drug-likeness (QED) is 0.444. The molecule has 1 unspecified atom stereocenters. The molecule has 0 amide bonds. The summed E-state index contributed by atoms with van der Waals surface area (Å²) in [6.07, 6.45) is 0.199. The summed E-state index contributed by atoms with van der Waals surface area (Å²) in [4.78, 5) is 0. The van der Waals surface area contributed by atoms with E-state index in [9.17, 15) is 5.11 Å². The molecule has 1 aromatic rings. The summed E-state index contributed by atoms with van der Waals surface area (Å²) < 4.78 is 21.0. The molecule has 6 nitrogen and oxygen atoms in total. The summed E-state index contributed by atoms with van der Waals surface area (Å²) in [5, 5.41) is 9.71. The van der Waals surface area contributed by atoms with Gasteiger partial charge >= 0.3 is 0 Å². The first kappa shape index (κ1) is 17.7. The zero-order chi connectivity index (χ0) is 15.3. The number of methoxy groups -OCH3 is 1. The van der Waals surface area contributed by atoms with Crippen LogP contribution in [0.2, 0.25) is 0 Å². The molecule has 0 radical (unpaired) electrons. The van der Waals surface area contributed by atoms with Gasteiger partial charge in [-0.1, -0.05) is 0 Å². The number of hydrogen-bond donors (Lipinski definition) is 2. The van der Waals surface area contributed by atoms with Crippen LogP contribution in [-0.4, -0.2) is 58.0 Å². The first-order valence-electron chi connectivity index (χ1n) is 7.03. The highest BCUT2D eigenvalue weighted by atomic mass is 16.5. The van der Waals surface area contributed by atoms with Gasteiger partial charge in [-0.15, -0.1) is 0 Å². The number of rotatable bonds is 12. The van der Waals surface area contributed by atoms with Crippen LogP contribution in [0, 0.1) is 0 Å². The molecule has 0 aliphatic carbocycles. The van der Waals surface area contributed by atoms with Crippen molar-refractivity contribution in [3.05, 3.63) is 24.3 Å². The molecule has 0 aromatic heterocycles. The smallest absolute Gasteiger partial charge is 0.119 e. The molecule has 0 bridgehead atoms. The largest absolute Gasteiger partial charge is 0.491 e. The van der Waals surface area contributed by atoms with Gasteiger partial charge in [0.25, 0.3) is 0 Å². The van der Waals surface area contributed by atoms with Crippen LogP contribution < -0.4 is 10.5 Å². The Labute approximate surface area is 125 Å². The zero-order valence-corrected chi connectivity index (χ0v) is 12.5. The fourth-order valence-electron chi connectivity index (χ4n) is 1.55. The van der Waals surface area contributed by atoms with Crippen molar-refractivity contribution in [1.29, 1.82) is 0 Å². The van der Waals surface area contributed by atoms with E-state index >= 15 is 0 Å². The average molecular weight is 299 g/mol. The SMILES string of the molecule is COCCCOCCOCC(O)COc1ccc(N)cc1. The van der Waals surface area contributed by atoms with Crippen molar-refractivity contribution < 1.29 is 24.1 Å². The van der Waals surface area contributed by atoms with Gasteiger partial charge in [0.15, 0.2) is 0 Å². The number of aliphatic hydroxyl groups is 1. The van der Waals surface area contributed by atoms with Gasteiger partial charge in [-0.25, -0.2) is 0 Å². The molecule has 0 aliphatic heterocycles. The van der Waals surface area contributed by atoms with E-state index in [1.54, 1.807) is 31.4 Å². The van der Waals surface area contributed by atoms with Crippen LogP contribution in [0.25, 0.3) is 0 Å². The van der Waals surface area contributed by atoms with E-state index in [2.05, 4.69) is 0 Å². The minimum Gasteiger partial charge on any atom is -0.491 e. The Kier molecular flexibility index (Phi) is 9.56. The Balaban J connectivity index is 1.96. The highest BCUT2D eigenvalue weighted by Gasteiger charge is 2.05. The second kappa shape index (κ2) is 11.3. The van der Waals surface area contributed by atoms with E-state index < -0.39 is 6.10 Å². The van der Waals surface area contributed by atoms with Gasteiger partial charge in [0, 0.05) is 26.0 Å². The van der Waals surface area contributed by atoms with Gasteiger partial charge in [0.1, 0.15) is 18.5 Å². The monoisotopic (exact) mass is 299 g/mol. The fraction of sp³-hybridized carbons (Fsp3) is 0.600. The van der Waals surface area contributed by atoms with E-state index in [1.807, 2.05) is 0 Å². The molecule has 1 atom stereocenters. The lowest BCUT2D eigenvalue weighted by molar-refractivity contribution is -0.0125. The normalized spacial score (nSPS) is 12.3. The molecule has 6 heteroatoms. The molecule has 0 aliphatic rings. The van der Waals surface area contributed by atoms with Crippen molar-refractivity contribution in [2.45, 2.75) is 12.5 Å². The van der Waals surface area contributed by atoms with Crippen molar-refractivity contribution in [2.75, 3.05) is 52.5 Å². The van der Waals surface area contributed by atoms with Crippen LogP contribution in [-0.2, 0) is 14.2 Å². The number of hydrogen-bond acceptors (Lipinski definition) is 6. The Bertz CT molecular complexity index is 358. The molecule has 120 valence electrons. The van der Waals surface area contributed by atoms with Crippen LogP contribution in [0.15, 0.2) is 24.3 Å². The third-order valence-electron chi connectivity index (χ3n) is 2.64. The number of ether oxygens (including phenoxy) is 4. The van der Waals surface area contributed by atoms with Crippen molar-refractivity contribution in [3.63, 3.8) is 0 Å². The van der Waals surface area contributed by atoms with Crippen LogP contribution >= 0.6 is 0 Å². The standard InChI is InChI=1S/C15H25NO5/c1-18-7-2-8-19-9-10-20-11-14(17)12-21-15-5-3-13(16)4-6-15/h3-6,14,17H,2,7-12,16H2,1H3. The van der Waals surface area contributed by atoms with E-state index in [0.717, 1.165) is 6.42 Å². The van der Waals surface area contributed by atoms with Gasteiger partial charge < -0.3 is 29.8 Å². The maximum Gasteiger partial charge on any atom is 0.119 e. The first-order valence-corrected chi connectivity index (χ1v) is 7.03. The Morgan fingerprint density at radius 1 is 1.00 bits per heavy atom. The molecule has 0 saturated heterocycles. The molecule has 21 heavy (non-hydrogen) atoms. The number of anilines is 1. The molecule has 1 rings (SSSR count). The lowest BCUT2D eigenvalue weighted by Gasteiger charge is -2.13. The minimum absolute atomic E-state index is 0.179. The summed E-state index contributed by atoms with van der Waals surface area (Å²) in [5.74, 6) is 0.671. The lowest BCUT2D eigenvalue weighted by atomic mass is 10.3. The molecule has 0 spiro atoms. The molecular weight excluding hydrogens is 274 g/mol. The maximum absolute atomic E-state index is 9.71. The number of nitrogen functional groups attached to an aromatic ring is 1. The van der Waals surface area contributed by atoms with Gasteiger partial charge in [-0.2, -0.15) is 0 Å². The molecule has 3 N–H and O–H groups in total. The number of aliphatic hydroxyl groups excluding tert-OH is 1. The highest BCUT2D eigenvalue weighted by molar-refractivity contribution is 5.41. The molecular formula is C15H25NO5. The van der Waals surface area contributed by atoms with E-state index in [1.165, 1.54) is 0 Å². The van der Waals surface area contributed by atoms with Gasteiger partial charge in [-0.3, -0.25) is 0 Å². The number of benzene rings is 1. The third-order valence-corrected chi connectivity index (χ3v) is 2.64. The van der Waals surface area contributed by atoms with Crippen molar-refractivity contribution in [3.8, 4) is 5.75 Å². The van der Waals surface area contributed by atoms with Gasteiger partial charge in [0.05, 0.1) is 19.8 Å². The number of nitrogens with two attached hydrogens (primary N) is 1. The summed E-state index contributed by atoms with van der Waals surface area (Å²) in [6, 6.07) is 7.02. The summed E-state index contributed by atoms with van der Waals surface area (Å²) in [7, 11) is 1.66. The van der Waals surface area contributed by atoms with Crippen molar-refractivity contribution in [2.24, 2.45) is 0 Å². The van der Waals surface area contributed by atoms with Gasteiger partial charge in [-0.05, 0) is 30.7 Å². The van der Waals surface area contributed by atoms with Crippen molar-refractivity contribution in [1.82, 2.24) is 0 Å². The van der Waals surface area contributed by atoms with E-state index in [-0.39, 0.29) is 13.2 Å². The van der Waals surface area contributed by atoms with Crippen LogP contribution in [0.3, 0.4) is 0 Å². The highest BCUT2D eigenvalue weighted by Crippen LogP contribution is 2.13. The van der Waals surface area contributed by atoms with Crippen molar-refractivity contribution >= 4 is 5.69 Å². The average Bonchev–Trinajstić information content (AvgIpc) is 2.49. The fourth-order valence-corrected chi connectivity index (χ4v) is 1.55.